The number of amides is 1. The molecule has 0 bridgehead atoms. The highest BCUT2D eigenvalue weighted by Crippen LogP contribution is 2.53. The number of benzene rings is 3. The quantitative estimate of drug-likeness (QED) is 0.248. The minimum absolute atomic E-state index is 0.0332. The van der Waals surface area contributed by atoms with Crippen molar-refractivity contribution in [2.24, 2.45) is 5.73 Å². The van der Waals surface area contributed by atoms with Crippen LogP contribution in [0.15, 0.2) is 76.6 Å². The molecule has 47 heavy (non-hydrogen) atoms. The molecule has 0 atom stereocenters. The summed E-state index contributed by atoms with van der Waals surface area (Å²) in [6.07, 6.45) is 4.31. The van der Waals surface area contributed by atoms with Gasteiger partial charge in [0.25, 0.3) is 11.5 Å². The average Bonchev–Trinajstić information content (AvgIpc) is 3.80. The van der Waals surface area contributed by atoms with Gasteiger partial charge in [0.1, 0.15) is 30.3 Å². The van der Waals surface area contributed by atoms with Gasteiger partial charge in [-0.25, -0.2) is 18.1 Å². The molecule has 0 saturated heterocycles. The molecule has 3 aromatic carbocycles. The smallest absolute Gasteiger partial charge is 0.335 e. The van der Waals surface area contributed by atoms with Crippen LogP contribution in [0.4, 0.5) is 14.5 Å². The number of hydrogen-bond donors (Lipinski definition) is 2. The highest BCUT2D eigenvalue weighted by molar-refractivity contribution is 6.04. The molecule has 1 fully saturated rings. The molecule has 240 valence electrons. The fraction of sp³-hybridized carbons (Fsp3) is 0.235. The van der Waals surface area contributed by atoms with Crippen molar-refractivity contribution in [3.8, 4) is 28.7 Å². The van der Waals surface area contributed by atoms with Crippen LogP contribution in [-0.2, 0) is 5.54 Å². The van der Waals surface area contributed by atoms with Crippen molar-refractivity contribution in [1.29, 1.82) is 0 Å². The number of carbonyl (C=O) groups is 1. The van der Waals surface area contributed by atoms with Crippen LogP contribution >= 0.6 is 0 Å². The number of anilines is 1. The number of pyridine rings is 1. The van der Waals surface area contributed by atoms with Crippen LogP contribution in [-0.4, -0.2) is 33.2 Å². The van der Waals surface area contributed by atoms with Gasteiger partial charge in [-0.05, 0) is 75.2 Å². The van der Waals surface area contributed by atoms with Gasteiger partial charge in [0, 0.05) is 41.3 Å². The van der Waals surface area contributed by atoms with Crippen LogP contribution in [0.25, 0.3) is 16.6 Å². The zero-order valence-electron chi connectivity index (χ0n) is 25.4. The van der Waals surface area contributed by atoms with Gasteiger partial charge in [-0.1, -0.05) is 0 Å². The summed E-state index contributed by atoms with van der Waals surface area (Å²) in [4.78, 5) is 44.3. The molecule has 11 nitrogen and oxygen atoms in total. The van der Waals surface area contributed by atoms with E-state index in [1.54, 1.807) is 19.9 Å². The van der Waals surface area contributed by atoms with Gasteiger partial charge in [-0.15, -0.1) is 0 Å². The van der Waals surface area contributed by atoms with E-state index in [0.29, 0.717) is 35.6 Å². The summed E-state index contributed by atoms with van der Waals surface area (Å²) in [5.41, 5.74) is 5.49. The van der Waals surface area contributed by atoms with Crippen molar-refractivity contribution >= 4 is 22.5 Å². The minimum atomic E-state index is -0.916. The van der Waals surface area contributed by atoms with E-state index in [4.69, 9.17) is 19.9 Å². The van der Waals surface area contributed by atoms with Crippen LogP contribution in [0.5, 0.6) is 23.0 Å². The third-order valence-corrected chi connectivity index (χ3v) is 8.21. The second-order valence-electron chi connectivity index (χ2n) is 11.8. The predicted molar refractivity (Wildman–Crippen MR) is 169 cm³/mol. The molecule has 1 aliphatic heterocycles. The third kappa shape index (κ3) is 5.37. The molecule has 1 amide bonds. The van der Waals surface area contributed by atoms with E-state index in [-0.39, 0.29) is 28.4 Å². The van der Waals surface area contributed by atoms with Gasteiger partial charge in [-0.2, -0.15) is 0 Å². The molecule has 3 N–H and O–H groups in total. The van der Waals surface area contributed by atoms with Crippen molar-refractivity contribution in [3.05, 3.63) is 111 Å². The van der Waals surface area contributed by atoms with Gasteiger partial charge in [-0.3, -0.25) is 19.1 Å². The van der Waals surface area contributed by atoms with E-state index in [9.17, 15) is 18.8 Å². The van der Waals surface area contributed by atoms with Gasteiger partial charge < -0.3 is 25.3 Å². The molecule has 0 spiro atoms. The number of carbonyl (C=O) groups excluding carboxylic acids is 1. The Hall–Kier alpha value is -5.56. The second-order valence-corrected chi connectivity index (χ2v) is 11.8. The summed E-state index contributed by atoms with van der Waals surface area (Å²) >= 11 is 0. The largest absolute Gasteiger partial charge is 0.486 e. The van der Waals surface area contributed by atoms with Crippen LogP contribution in [0, 0.1) is 11.6 Å². The topological polar surface area (TPSA) is 140 Å². The first kappa shape index (κ1) is 30.1. The summed E-state index contributed by atoms with van der Waals surface area (Å²) in [6.45, 7) is 4.08. The monoisotopic (exact) mass is 641 g/mol. The first-order chi connectivity index (χ1) is 22.5. The fourth-order valence-corrected chi connectivity index (χ4v) is 5.56. The lowest BCUT2D eigenvalue weighted by Crippen LogP contribution is -2.42. The first-order valence-electron chi connectivity index (χ1n) is 15.0. The number of halogens is 2. The molecule has 3 heterocycles. The molecule has 1 aliphatic carbocycles. The van der Waals surface area contributed by atoms with Gasteiger partial charge in [0.2, 0.25) is 0 Å². The normalized spacial score (nSPS) is 14.7. The highest BCUT2D eigenvalue weighted by atomic mass is 19.1. The van der Waals surface area contributed by atoms with Gasteiger partial charge >= 0.3 is 5.69 Å². The molecule has 0 unspecified atom stereocenters. The van der Waals surface area contributed by atoms with Crippen molar-refractivity contribution in [2.75, 3.05) is 18.5 Å². The zero-order chi connectivity index (χ0) is 33.0. The zero-order valence-corrected chi connectivity index (χ0v) is 25.4. The fourth-order valence-electron chi connectivity index (χ4n) is 5.56. The van der Waals surface area contributed by atoms with Gasteiger partial charge in [0.15, 0.2) is 23.1 Å². The molecule has 0 radical (unpaired) electrons. The standard InChI is InChI=1S/C34H29F2N5O6/c1-18(2)40-17-22(32(43)41(33(40)44)21-6-3-19(35)4-7-21)31(42)39-20-5-8-26(24(36)15-20)47-27-9-12-38-25-16-23(34(37)10-11-34)29-30(28(25)27)46-14-13-45-29/h3-9,12,15-18H,10-11,13-14,37H2,1-2H3,(H,39,42). The number of fused-ring (bicyclic) bond motifs is 3. The molecule has 2 aliphatic rings. The summed E-state index contributed by atoms with van der Waals surface area (Å²) in [6, 6.07) is 11.5. The van der Waals surface area contributed by atoms with Crippen LogP contribution in [0.2, 0.25) is 0 Å². The molecule has 5 aromatic rings. The van der Waals surface area contributed by atoms with Crippen molar-refractivity contribution in [3.63, 3.8) is 0 Å². The van der Waals surface area contributed by atoms with Crippen LogP contribution in [0.1, 0.15) is 48.7 Å². The first-order valence-corrected chi connectivity index (χ1v) is 15.0. The molecular weight excluding hydrogens is 612 g/mol. The Kier molecular flexibility index (Phi) is 7.27. The molecular formula is C34H29F2N5O6. The summed E-state index contributed by atoms with van der Waals surface area (Å²) < 4.78 is 49.0. The SMILES string of the molecule is CC(C)n1cc(C(=O)Nc2ccc(Oc3ccnc4cc(C5(N)CC5)c5c(c34)OCCO5)c(F)c2)c(=O)n(-c2ccc(F)cc2)c1=O. The molecule has 1 saturated carbocycles. The van der Waals surface area contributed by atoms with Crippen molar-refractivity contribution in [1.82, 2.24) is 14.1 Å². The predicted octanol–water partition coefficient (Wildman–Crippen LogP) is 5.17. The van der Waals surface area contributed by atoms with E-state index >= 15 is 4.39 Å². The van der Waals surface area contributed by atoms with Crippen LogP contribution in [0.3, 0.4) is 0 Å². The van der Waals surface area contributed by atoms with Crippen molar-refractivity contribution in [2.45, 2.75) is 38.3 Å². The van der Waals surface area contributed by atoms with E-state index in [1.807, 2.05) is 6.07 Å². The number of rotatable bonds is 7. The lowest BCUT2D eigenvalue weighted by molar-refractivity contribution is 0.102. The molecule has 13 heteroatoms. The number of nitrogens with zero attached hydrogens (tertiary/aromatic N) is 3. The maximum Gasteiger partial charge on any atom is 0.335 e. The molecule has 7 rings (SSSR count). The average molecular weight is 642 g/mol. The Labute approximate surface area is 266 Å². The summed E-state index contributed by atoms with van der Waals surface area (Å²) in [7, 11) is 0. The Bertz CT molecular complexity index is 2190. The van der Waals surface area contributed by atoms with Crippen LogP contribution < -0.4 is 36.5 Å². The minimum Gasteiger partial charge on any atom is -0.486 e. The Balaban J connectivity index is 1.20. The summed E-state index contributed by atoms with van der Waals surface area (Å²) in [5, 5.41) is 3.02. The number of nitrogens with one attached hydrogen (secondary N) is 1. The maximum absolute atomic E-state index is 15.5. The van der Waals surface area contributed by atoms with E-state index in [0.717, 1.165) is 47.4 Å². The summed E-state index contributed by atoms with van der Waals surface area (Å²) in [5.74, 6) is -1.14. The lowest BCUT2D eigenvalue weighted by Gasteiger charge is -2.25. The Morgan fingerprint density at radius 1 is 1.00 bits per heavy atom. The molecule has 2 aromatic heterocycles. The van der Waals surface area contributed by atoms with E-state index in [1.165, 1.54) is 35.0 Å². The highest BCUT2D eigenvalue weighted by Gasteiger charge is 2.44. The Morgan fingerprint density at radius 3 is 2.40 bits per heavy atom. The number of hydrogen-bond acceptors (Lipinski definition) is 8. The third-order valence-electron chi connectivity index (χ3n) is 8.21. The van der Waals surface area contributed by atoms with Gasteiger partial charge in [0.05, 0.1) is 16.6 Å². The number of ether oxygens (including phenoxy) is 3. The van der Waals surface area contributed by atoms with E-state index in [2.05, 4.69) is 10.3 Å². The Morgan fingerprint density at radius 2 is 1.72 bits per heavy atom. The number of aromatic nitrogens is 3. The second kappa shape index (κ2) is 11.4. The lowest BCUT2D eigenvalue weighted by atomic mass is 10.00. The van der Waals surface area contributed by atoms with Crippen molar-refractivity contribution < 1.29 is 27.8 Å². The van der Waals surface area contributed by atoms with E-state index < -0.39 is 40.4 Å². The maximum atomic E-state index is 15.5. The number of nitrogens with two attached hydrogens (primary N) is 1.